The Labute approximate surface area is 135 Å². The fourth-order valence-corrected chi connectivity index (χ4v) is 2.66. The van der Waals surface area contributed by atoms with Crippen LogP contribution >= 0.6 is 0 Å². The second-order valence-electron chi connectivity index (χ2n) is 5.58. The number of carbonyl (C=O) groups excluding carboxylic acids is 2. The van der Waals surface area contributed by atoms with E-state index in [2.05, 4.69) is 5.32 Å². The van der Waals surface area contributed by atoms with Crippen LogP contribution < -0.4 is 20.5 Å². The molecule has 1 aromatic rings. The highest BCUT2D eigenvalue weighted by Crippen LogP contribution is 2.35. The van der Waals surface area contributed by atoms with Gasteiger partial charge in [-0.15, -0.1) is 0 Å². The first-order chi connectivity index (χ1) is 11.0. The number of amides is 3. The maximum Gasteiger partial charge on any atom is 0.325 e. The van der Waals surface area contributed by atoms with Crippen molar-refractivity contribution in [3.05, 3.63) is 23.8 Å². The lowest BCUT2D eigenvalue weighted by Crippen LogP contribution is -2.41. The second kappa shape index (κ2) is 6.87. The molecule has 0 spiro atoms. The van der Waals surface area contributed by atoms with E-state index in [4.69, 9.17) is 15.2 Å². The first-order valence-electron chi connectivity index (χ1n) is 7.54. The van der Waals surface area contributed by atoms with Gasteiger partial charge < -0.3 is 20.5 Å². The summed E-state index contributed by atoms with van der Waals surface area (Å²) in [5.41, 5.74) is 4.99. The van der Waals surface area contributed by atoms with Crippen LogP contribution in [0.3, 0.4) is 0 Å². The maximum atomic E-state index is 12.7. The van der Waals surface area contributed by atoms with Crippen LogP contribution in [0.2, 0.25) is 0 Å². The van der Waals surface area contributed by atoms with Gasteiger partial charge in [-0.25, -0.2) is 4.79 Å². The molecule has 1 aliphatic rings. The summed E-state index contributed by atoms with van der Waals surface area (Å²) < 4.78 is 10.5. The van der Waals surface area contributed by atoms with Crippen molar-refractivity contribution in [1.82, 2.24) is 10.2 Å². The summed E-state index contributed by atoms with van der Waals surface area (Å²) in [6.07, 6.45) is 1.46. The molecule has 1 aromatic carbocycles. The smallest absolute Gasteiger partial charge is 0.325 e. The average molecular weight is 321 g/mol. The van der Waals surface area contributed by atoms with Crippen molar-refractivity contribution in [3.8, 4) is 11.5 Å². The van der Waals surface area contributed by atoms with E-state index in [0.717, 1.165) is 6.42 Å². The number of nitrogens with two attached hydrogens (primary N) is 1. The standard InChI is InChI=1S/C16H23N3O4/c1-16(11-6-7-12(22-2)13(10-11)23-3)14(20)19(15(21)18-16)9-5-4-8-17/h6-7,10H,4-5,8-9,17H2,1-3H3,(H,18,21). The van der Waals surface area contributed by atoms with Crippen LogP contribution in [0.4, 0.5) is 4.79 Å². The number of ether oxygens (including phenoxy) is 2. The normalized spacial score (nSPS) is 20.6. The van der Waals surface area contributed by atoms with Gasteiger partial charge >= 0.3 is 6.03 Å². The third-order valence-electron chi connectivity index (χ3n) is 4.07. The van der Waals surface area contributed by atoms with Gasteiger partial charge in [-0.2, -0.15) is 0 Å². The molecule has 7 heteroatoms. The van der Waals surface area contributed by atoms with Gasteiger partial charge in [0.25, 0.3) is 5.91 Å². The topological polar surface area (TPSA) is 93.9 Å². The van der Waals surface area contributed by atoms with Crippen LogP contribution in [0.5, 0.6) is 11.5 Å². The molecule has 0 aromatic heterocycles. The molecule has 1 saturated heterocycles. The lowest BCUT2D eigenvalue weighted by atomic mass is 9.91. The third kappa shape index (κ3) is 3.10. The summed E-state index contributed by atoms with van der Waals surface area (Å²) in [6.45, 7) is 2.60. The number of hydrogen-bond acceptors (Lipinski definition) is 5. The van der Waals surface area contributed by atoms with E-state index in [1.807, 2.05) is 0 Å². The number of unbranched alkanes of at least 4 members (excludes halogenated alkanes) is 1. The van der Waals surface area contributed by atoms with Gasteiger partial charge in [0.1, 0.15) is 5.54 Å². The maximum absolute atomic E-state index is 12.7. The molecule has 3 amide bonds. The highest BCUT2D eigenvalue weighted by Gasteiger charge is 2.48. The fourth-order valence-electron chi connectivity index (χ4n) is 2.66. The molecule has 1 heterocycles. The molecule has 7 nitrogen and oxygen atoms in total. The molecule has 3 N–H and O–H groups in total. The van der Waals surface area contributed by atoms with Gasteiger partial charge in [-0.1, -0.05) is 6.07 Å². The number of rotatable bonds is 7. The Kier molecular flexibility index (Phi) is 5.10. The van der Waals surface area contributed by atoms with Crippen LogP contribution in [0.25, 0.3) is 0 Å². The Bertz CT molecular complexity index is 605. The Morgan fingerprint density at radius 2 is 1.87 bits per heavy atom. The first-order valence-corrected chi connectivity index (χ1v) is 7.54. The van der Waals surface area contributed by atoms with Gasteiger partial charge in [-0.3, -0.25) is 9.69 Å². The molecule has 2 rings (SSSR count). The van der Waals surface area contributed by atoms with Crippen LogP contribution in [-0.2, 0) is 10.3 Å². The van der Waals surface area contributed by atoms with Crippen LogP contribution in [0, 0.1) is 0 Å². The van der Waals surface area contributed by atoms with E-state index in [1.54, 1.807) is 32.2 Å². The zero-order valence-electron chi connectivity index (χ0n) is 13.7. The van der Waals surface area contributed by atoms with Gasteiger partial charge in [0.05, 0.1) is 14.2 Å². The number of carbonyl (C=O) groups is 2. The van der Waals surface area contributed by atoms with Crippen LogP contribution in [0.15, 0.2) is 18.2 Å². The molecule has 1 unspecified atom stereocenters. The van der Waals surface area contributed by atoms with E-state index in [1.165, 1.54) is 12.0 Å². The highest BCUT2D eigenvalue weighted by atomic mass is 16.5. The first kappa shape index (κ1) is 17.1. The van der Waals surface area contributed by atoms with Gasteiger partial charge in [-0.05, 0) is 44.0 Å². The van der Waals surface area contributed by atoms with E-state index in [-0.39, 0.29) is 11.9 Å². The van der Waals surface area contributed by atoms with E-state index in [0.29, 0.717) is 36.6 Å². The number of nitrogens with one attached hydrogen (secondary N) is 1. The van der Waals surface area contributed by atoms with Crippen molar-refractivity contribution in [3.63, 3.8) is 0 Å². The predicted octanol–water partition coefficient (Wildman–Crippen LogP) is 1.21. The minimum absolute atomic E-state index is 0.272. The summed E-state index contributed by atoms with van der Waals surface area (Å²) in [5.74, 6) is 0.804. The number of hydrogen-bond donors (Lipinski definition) is 2. The highest BCUT2D eigenvalue weighted by molar-refractivity contribution is 6.07. The monoisotopic (exact) mass is 321 g/mol. The number of methoxy groups -OCH3 is 2. The fraction of sp³-hybridized carbons (Fsp3) is 0.500. The van der Waals surface area contributed by atoms with Crippen molar-refractivity contribution in [1.29, 1.82) is 0 Å². The Balaban J connectivity index is 2.28. The van der Waals surface area contributed by atoms with Crippen molar-refractivity contribution in [2.75, 3.05) is 27.3 Å². The number of nitrogens with zero attached hydrogens (tertiary/aromatic N) is 1. The molecule has 1 atom stereocenters. The van der Waals surface area contributed by atoms with Crippen molar-refractivity contribution >= 4 is 11.9 Å². The summed E-state index contributed by atoms with van der Waals surface area (Å²) in [4.78, 5) is 26.1. The second-order valence-corrected chi connectivity index (χ2v) is 5.58. The van der Waals surface area contributed by atoms with Crippen molar-refractivity contribution < 1.29 is 19.1 Å². The molecule has 126 valence electrons. The molecule has 0 aliphatic carbocycles. The van der Waals surface area contributed by atoms with E-state index < -0.39 is 5.54 Å². The van der Waals surface area contributed by atoms with E-state index in [9.17, 15) is 9.59 Å². The molecular weight excluding hydrogens is 298 g/mol. The SMILES string of the molecule is COc1ccc(C2(C)NC(=O)N(CCCCN)C2=O)cc1OC. The Morgan fingerprint density at radius 1 is 1.17 bits per heavy atom. The number of imide groups is 1. The molecule has 23 heavy (non-hydrogen) atoms. The van der Waals surface area contributed by atoms with Gasteiger partial charge in [0, 0.05) is 6.54 Å². The largest absolute Gasteiger partial charge is 0.493 e. The minimum Gasteiger partial charge on any atom is -0.493 e. The van der Waals surface area contributed by atoms with Gasteiger partial charge in [0.15, 0.2) is 11.5 Å². The zero-order valence-corrected chi connectivity index (χ0v) is 13.7. The molecule has 1 aliphatic heterocycles. The number of urea groups is 1. The van der Waals surface area contributed by atoms with Crippen molar-refractivity contribution in [2.24, 2.45) is 5.73 Å². The molecule has 0 bridgehead atoms. The minimum atomic E-state index is -1.11. The lowest BCUT2D eigenvalue weighted by Gasteiger charge is -2.23. The predicted molar refractivity (Wildman–Crippen MR) is 85.4 cm³/mol. The quantitative estimate of drug-likeness (QED) is 0.581. The Hall–Kier alpha value is -2.28. The Morgan fingerprint density at radius 3 is 2.48 bits per heavy atom. The molecule has 0 radical (unpaired) electrons. The van der Waals surface area contributed by atoms with E-state index >= 15 is 0 Å². The summed E-state index contributed by atoms with van der Waals surface area (Å²) >= 11 is 0. The summed E-state index contributed by atoms with van der Waals surface area (Å²) in [6, 6.07) is 4.79. The lowest BCUT2D eigenvalue weighted by molar-refractivity contribution is -0.131. The average Bonchev–Trinajstić information content (AvgIpc) is 2.78. The summed E-state index contributed by atoms with van der Waals surface area (Å²) in [7, 11) is 3.07. The van der Waals surface area contributed by atoms with Crippen LogP contribution in [0.1, 0.15) is 25.3 Å². The number of benzene rings is 1. The van der Waals surface area contributed by atoms with Crippen molar-refractivity contribution in [2.45, 2.75) is 25.3 Å². The molecule has 0 saturated carbocycles. The van der Waals surface area contributed by atoms with Crippen LogP contribution in [-0.4, -0.2) is 44.1 Å². The van der Waals surface area contributed by atoms with Gasteiger partial charge in [0.2, 0.25) is 0 Å². The molecule has 1 fully saturated rings. The third-order valence-corrected chi connectivity index (χ3v) is 4.07. The summed E-state index contributed by atoms with van der Waals surface area (Å²) in [5, 5.41) is 2.77. The zero-order chi connectivity index (χ0) is 17.0. The molecular formula is C16H23N3O4.